The highest BCUT2D eigenvalue weighted by molar-refractivity contribution is 7.17. The van der Waals surface area contributed by atoms with Gasteiger partial charge >= 0.3 is 0 Å². The highest BCUT2D eigenvalue weighted by Gasteiger charge is 2.27. The van der Waals surface area contributed by atoms with Gasteiger partial charge in [-0.25, -0.2) is 4.98 Å². The van der Waals surface area contributed by atoms with E-state index >= 15 is 0 Å². The van der Waals surface area contributed by atoms with Crippen molar-refractivity contribution in [1.82, 2.24) is 14.9 Å². The number of halogens is 1. The van der Waals surface area contributed by atoms with Crippen molar-refractivity contribution in [2.75, 3.05) is 31.1 Å². The van der Waals surface area contributed by atoms with Gasteiger partial charge in [0.1, 0.15) is 10.6 Å². The van der Waals surface area contributed by atoms with Gasteiger partial charge in [-0.1, -0.05) is 31.2 Å². The minimum atomic E-state index is -0.0808. The van der Waals surface area contributed by atoms with E-state index in [2.05, 4.69) is 51.4 Å². The van der Waals surface area contributed by atoms with Gasteiger partial charge < -0.3 is 14.2 Å². The van der Waals surface area contributed by atoms with Crippen molar-refractivity contribution in [2.45, 2.75) is 13.3 Å². The van der Waals surface area contributed by atoms with Gasteiger partial charge in [-0.15, -0.1) is 11.3 Å². The van der Waals surface area contributed by atoms with E-state index in [0.29, 0.717) is 31.9 Å². The van der Waals surface area contributed by atoms with Gasteiger partial charge in [0, 0.05) is 37.1 Å². The molecular weight excluding hydrogens is 432 g/mol. The van der Waals surface area contributed by atoms with Crippen LogP contribution in [0.1, 0.15) is 23.0 Å². The molecule has 0 unspecified atom stereocenters. The number of benzene rings is 1. The topological polar surface area (TPSA) is 62.5 Å². The third-order valence-corrected chi connectivity index (χ3v) is 6.70. The molecule has 0 aliphatic carbocycles. The summed E-state index contributed by atoms with van der Waals surface area (Å²) in [5, 5.41) is 3.38. The summed E-state index contributed by atoms with van der Waals surface area (Å²) in [6.07, 6.45) is 2.53. The minimum absolute atomic E-state index is 0.0808. The number of amides is 1. The van der Waals surface area contributed by atoms with E-state index < -0.39 is 0 Å². The van der Waals surface area contributed by atoms with E-state index in [1.807, 2.05) is 4.90 Å². The van der Waals surface area contributed by atoms with Crippen molar-refractivity contribution >= 4 is 44.9 Å². The SMILES string of the molecule is CCc1ccc(-c2csc3nc(Cl)nc(N4CCN(C(=O)c5ccco5)CC4)c23)cc1. The lowest BCUT2D eigenvalue weighted by Gasteiger charge is -2.35. The quantitative estimate of drug-likeness (QED) is 0.402. The van der Waals surface area contributed by atoms with Crippen LogP contribution in [0.25, 0.3) is 21.3 Å². The summed E-state index contributed by atoms with van der Waals surface area (Å²) < 4.78 is 5.26. The second-order valence-electron chi connectivity index (χ2n) is 7.45. The standard InChI is InChI=1S/C23H21ClN4O2S/c1-2-15-5-7-16(8-6-15)17-14-31-21-19(17)20(25-23(24)26-21)27-9-11-28(12-10-27)22(29)18-4-3-13-30-18/h3-8,13-14H,2,9-12H2,1H3. The number of carbonyl (C=O) groups excluding carboxylic acids is 1. The Balaban J connectivity index is 1.46. The molecule has 1 aliphatic rings. The molecule has 0 bridgehead atoms. The molecule has 0 saturated carbocycles. The van der Waals surface area contributed by atoms with E-state index in [-0.39, 0.29) is 11.2 Å². The third-order valence-electron chi connectivity index (χ3n) is 5.66. The Morgan fingerprint density at radius 2 is 1.90 bits per heavy atom. The smallest absolute Gasteiger partial charge is 0.289 e. The molecule has 0 radical (unpaired) electrons. The van der Waals surface area contributed by atoms with E-state index in [0.717, 1.165) is 33.6 Å². The number of hydrogen-bond donors (Lipinski definition) is 0. The fourth-order valence-corrected chi connectivity index (χ4v) is 5.09. The van der Waals surface area contributed by atoms with Crippen molar-refractivity contribution in [1.29, 1.82) is 0 Å². The minimum Gasteiger partial charge on any atom is -0.459 e. The lowest BCUT2D eigenvalue weighted by molar-refractivity contribution is 0.0714. The zero-order chi connectivity index (χ0) is 21.4. The highest BCUT2D eigenvalue weighted by Crippen LogP contribution is 2.39. The molecule has 6 nitrogen and oxygen atoms in total. The van der Waals surface area contributed by atoms with E-state index in [9.17, 15) is 4.79 Å². The summed E-state index contributed by atoms with van der Waals surface area (Å²) in [5.41, 5.74) is 3.56. The van der Waals surface area contributed by atoms with Crippen LogP contribution < -0.4 is 4.90 Å². The molecule has 5 rings (SSSR count). The number of nitrogens with zero attached hydrogens (tertiary/aromatic N) is 4. The average molecular weight is 453 g/mol. The van der Waals surface area contributed by atoms with Gasteiger partial charge in [0.05, 0.1) is 11.6 Å². The number of rotatable bonds is 4. The Labute approximate surface area is 189 Å². The molecule has 0 atom stereocenters. The molecule has 1 amide bonds. The maximum absolute atomic E-state index is 12.6. The van der Waals surface area contributed by atoms with Crippen molar-refractivity contribution in [3.63, 3.8) is 0 Å². The van der Waals surface area contributed by atoms with E-state index in [1.165, 1.54) is 11.8 Å². The zero-order valence-corrected chi connectivity index (χ0v) is 18.6. The van der Waals surface area contributed by atoms with Gasteiger partial charge in [0.2, 0.25) is 5.28 Å². The molecule has 4 aromatic rings. The maximum atomic E-state index is 12.6. The fraction of sp³-hybridized carbons (Fsp3) is 0.261. The predicted octanol–water partition coefficient (Wildman–Crippen LogP) is 5.13. The number of piperazine rings is 1. The van der Waals surface area contributed by atoms with Crippen LogP contribution in [0.2, 0.25) is 5.28 Å². The molecule has 3 aromatic heterocycles. The molecular formula is C23H21ClN4O2S. The summed E-state index contributed by atoms with van der Waals surface area (Å²) in [7, 11) is 0. The van der Waals surface area contributed by atoms with E-state index in [4.69, 9.17) is 16.0 Å². The van der Waals surface area contributed by atoms with Crippen LogP contribution >= 0.6 is 22.9 Å². The number of hydrogen-bond acceptors (Lipinski definition) is 6. The number of aromatic nitrogens is 2. The van der Waals surface area contributed by atoms with E-state index in [1.54, 1.807) is 23.5 Å². The first-order chi connectivity index (χ1) is 15.1. The third kappa shape index (κ3) is 3.79. The second kappa shape index (κ2) is 8.32. The van der Waals surface area contributed by atoms with Crippen LogP contribution in [0.15, 0.2) is 52.5 Å². The molecule has 0 spiro atoms. The lowest BCUT2D eigenvalue weighted by Crippen LogP contribution is -2.49. The Kier molecular flexibility index (Phi) is 5.38. The molecule has 8 heteroatoms. The predicted molar refractivity (Wildman–Crippen MR) is 124 cm³/mol. The molecule has 1 aliphatic heterocycles. The number of fused-ring (bicyclic) bond motifs is 1. The van der Waals surface area contributed by atoms with Crippen molar-refractivity contribution in [2.24, 2.45) is 0 Å². The van der Waals surface area contributed by atoms with Crippen LogP contribution in [0.3, 0.4) is 0 Å². The molecule has 0 N–H and O–H groups in total. The first-order valence-electron chi connectivity index (χ1n) is 10.3. The van der Waals surface area contributed by atoms with Gasteiger partial charge in [0.15, 0.2) is 5.76 Å². The van der Waals surface area contributed by atoms with Crippen LogP contribution in [0, 0.1) is 0 Å². The van der Waals surface area contributed by atoms with Crippen LogP contribution in [0.4, 0.5) is 5.82 Å². The molecule has 1 fully saturated rings. The fourth-order valence-electron chi connectivity index (χ4n) is 3.94. The number of anilines is 1. The molecule has 158 valence electrons. The van der Waals surface area contributed by atoms with Crippen molar-refractivity contribution in [3.05, 3.63) is 64.6 Å². The molecule has 1 aromatic carbocycles. The van der Waals surface area contributed by atoms with Gasteiger partial charge in [-0.05, 0) is 41.3 Å². The maximum Gasteiger partial charge on any atom is 0.289 e. The lowest BCUT2D eigenvalue weighted by atomic mass is 10.0. The van der Waals surface area contributed by atoms with Gasteiger partial charge in [-0.3, -0.25) is 4.79 Å². The van der Waals surface area contributed by atoms with Crippen molar-refractivity contribution in [3.8, 4) is 11.1 Å². The van der Waals surface area contributed by atoms with Crippen molar-refractivity contribution < 1.29 is 9.21 Å². The number of thiophene rings is 1. The van der Waals surface area contributed by atoms with Crippen LogP contribution in [0.5, 0.6) is 0 Å². The Morgan fingerprint density at radius 1 is 1.13 bits per heavy atom. The Morgan fingerprint density at radius 3 is 2.58 bits per heavy atom. The largest absolute Gasteiger partial charge is 0.459 e. The zero-order valence-electron chi connectivity index (χ0n) is 17.0. The summed E-state index contributed by atoms with van der Waals surface area (Å²) in [6, 6.07) is 12.1. The Hall–Kier alpha value is -2.90. The first-order valence-corrected chi connectivity index (χ1v) is 11.5. The summed E-state index contributed by atoms with van der Waals surface area (Å²) >= 11 is 7.84. The van der Waals surface area contributed by atoms with Crippen LogP contribution in [-0.2, 0) is 6.42 Å². The molecule has 4 heterocycles. The molecule has 1 saturated heterocycles. The average Bonchev–Trinajstić information content (AvgIpc) is 3.49. The first kappa shape index (κ1) is 20.0. The van der Waals surface area contributed by atoms with Crippen LogP contribution in [-0.4, -0.2) is 47.0 Å². The number of furan rings is 1. The van der Waals surface area contributed by atoms with Gasteiger partial charge in [-0.2, -0.15) is 4.98 Å². The number of aryl methyl sites for hydroxylation is 1. The Bertz CT molecular complexity index is 1210. The summed E-state index contributed by atoms with van der Waals surface area (Å²) in [6.45, 7) is 4.66. The summed E-state index contributed by atoms with van der Waals surface area (Å²) in [4.78, 5) is 26.5. The normalized spacial score (nSPS) is 14.4. The highest BCUT2D eigenvalue weighted by atomic mass is 35.5. The summed E-state index contributed by atoms with van der Waals surface area (Å²) in [5.74, 6) is 1.12. The monoisotopic (exact) mass is 452 g/mol. The van der Waals surface area contributed by atoms with Gasteiger partial charge in [0.25, 0.3) is 5.91 Å². The second-order valence-corrected chi connectivity index (χ2v) is 8.65. The number of carbonyl (C=O) groups is 1. The molecule has 31 heavy (non-hydrogen) atoms.